The van der Waals surface area contributed by atoms with Crippen molar-refractivity contribution in [2.24, 2.45) is 40.4 Å². The van der Waals surface area contributed by atoms with E-state index in [0.29, 0.717) is 28.7 Å². The van der Waals surface area contributed by atoms with Gasteiger partial charge in [-0.3, -0.25) is 4.79 Å². The minimum atomic E-state index is -0.492. The molecule has 0 amide bonds. The van der Waals surface area contributed by atoms with Crippen molar-refractivity contribution in [2.45, 2.75) is 91.1 Å². The van der Waals surface area contributed by atoms with Crippen LogP contribution in [-0.4, -0.2) is 16.5 Å². The molecule has 1 aromatic rings. The van der Waals surface area contributed by atoms with Gasteiger partial charge in [0.25, 0.3) is 0 Å². The maximum Gasteiger partial charge on any atom is 0.166 e. The van der Waals surface area contributed by atoms with Crippen LogP contribution in [0.15, 0.2) is 18.2 Å². The summed E-state index contributed by atoms with van der Waals surface area (Å²) in [5.41, 5.74) is 1.28. The number of hydrogen-bond acceptors (Lipinski definition) is 2. The molecule has 8 atom stereocenters. The number of carbonyl (C=O) groups is 1. The van der Waals surface area contributed by atoms with Crippen molar-refractivity contribution in [3.05, 3.63) is 35.1 Å². The first kappa shape index (κ1) is 21.6. The lowest BCUT2D eigenvalue weighted by atomic mass is 9.44. The fraction of sp³-hybridized carbons (Fsp3) is 0.750. The average Bonchev–Trinajstić information content (AvgIpc) is 3.04. The summed E-state index contributed by atoms with van der Waals surface area (Å²) in [7, 11) is 0. The molecule has 0 heterocycles. The van der Waals surface area contributed by atoms with Gasteiger partial charge in [0.05, 0.1) is 5.60 Å². The predicted octanol–water partition coefficient (Wildman–Crippen LogP) is 6.73. The normalized spacial score (nSPS) is 46.7. The van der Waals surface area contributed by atoms with E-state index in [1.54, 1.807) is 0 Å². The molecule has 0 aliphatic heterocycles. The van der Waals surface area contributed by atoms with Crippen LogP contribution in [0.2, 0.25) is 0 Å². The molecule has 0 radical (unpaired) electrons. The summed E-state index contributed by atoms with van der Waals surface area (Å²) in [4.78, 5) is 13.5. The fourth-order valence-electron chi connectivity index (χ4n) is 8.94. The van der Waals surface area contributed by atoms with E-state index in [9.17, 15) is 14.3 Å². The maximum absolute atomic E-state index is 14.0. The summed E-state index contributed by atoms with van der Waals surface area (Å²) >= 11 is 0. The van der Waals surface area contributed by atoms with E-state index in [4.69, 9.17) is 0 Å². The Morgan fingerprint density at radius 3 is 2.42 bits per heavy atom. The molecule has 0 aromatic heterocycles. The molecular weight excluding hydrogens is 387 g/mol. The molecule has 4 saturated carbocycles. The summed E-state index contributed by atoms with van der Waals surface area (Å²) in [6.45, 7) is 8.78. The largest absolute Gasteiger partial charge is 0.390 e. The maximum atomic E-state index is 14.0. The molecule has 1 N–H and O–H groups in total. The molecule has 1 aromatic carbocycles. The monoisotopic (exact) mass is 426 g/mol. The van der Waals surface area contributed by atoms with Crippen molar-refractivity contribution < 1.29 is 14.3 Å². The summed E-state index contributed by atoms with van der Waals surface area (Å²) < 4.78 is 14.0. The Morgan fingerprint density at radius 1 is 0.935 bits per heavy atom. The molecule has 31 heavy (non-hydrogen) atoms. The summed E-state index contributed by atoms with van der Waals surface area (Å²) in [5, 5.41) is 10.7. The highest BCUT2D eigenvalue weighted by Crippen LogP contribution is 2.68. The molecular formula is C28H39FO2. The van der Waals surface area contributed by atoms with Crippen molar-refractivity contribution >= 4 is 5.78 Å². The lowest BCUT2D eigenvalue weighted by Gasteiger charge is -2.61. The predicted molar refractivity (Wildman–Crippen MR) is 121 cm³/mol. The molecule has 4 aliphatic rings. The van der Waals surface area contributed by atoms with Crippen LogP contribution in [0.3, 0.4) is 0 Å². The number of hydrogen-bond donors (Lipinski definition) is 1. The number of aliphatic hydroxyl groups is 1. The smallest absolute Gasteiger partial charge is 0.166 e. The second-order valence-electron chi connectivity index (χ2n) is 12.4. The number of fused-ring (bicyclic) bond motifs is 5. The number of halogens is 1. The van der Waals surface area contributed by atoms with Crippen molar-refractivity contribution in [1.82, 2.24) is 0 Å². The van der Waals surface area contributed by atoms with Crippen molar-refractivity contribution in [1.29, 1.82) is 0 Å². The summed E-state index contributed by atoms with van der Waals surface area (Å²) in [5.74, 6) is 2.56. The van der Waals surface area contributed by atoms with E-state index in [-0.39, 0.29) is 22.9 Å². The van der Waals surface area contributed by atoms with Gasteiger partial charge >= 0.3 is 0 Å². The zero-order chi connectivity index (χ0) is 22.2. The Kier molecular flexibility index (Phi) is 4.98. The van der Waals surface area contributed by atoms with E-state index in [1.807, 2.05) is 19.9 Å². The number of Topliss-reactive ketones (excluding diaryl/α,β-unsaturated/α-hetero) is 1. The van der Waals surface area contributed by atoms with Crippen LogP contribution in [0.5, 0.6) is 0 Å². The second-order valence-corrected chi connectivity index (χ2v) is 12.4. The SMILES string of the molecule is Cc1cc(F)cc(C(=O)[C@H]2CC[C@H]3[C@@H]4CC[C@@H]5C[C@](C)(O)CC[C@]5(C)[C@H]4CC[C@]23C)c1. The Morgan fingerprint density at radius 2 is 1.68 bits per heavy atom. The van der Waals surface area contributed by atoms with Gasteiger partial charge < -0.3 is 5.11 Å². The zero-order valence-corrected chi connectivity index (χ0v) is 19.7. The van der Waals surface area contributed by atoms with E-state index in [1.165, 1.54) is 31.4 Å². The molecule has 4 fully saturated rings. The highest BCUT2D eigenvalue weighted by Gasteiger charge is 2.61. The summed E-state index contributed by atoms with van der Waals surface area (Å²) in [6, 6.07) is 4.81. The third-order valence-electron chi connectivity index (χ3n) is 10.6. The topological polar surface area (TPSA) is 37.3 Å². The zero-order valence-electron chi connectivity index (χ0n) is 19.7. The molecule has 0 unspecified atom stereocenters. The van der Waals surface area contributed by atoms with Gasteiger partial charge in [-0.05, 0) is 130 Å². The molecule has 2 nitrogen and oxygen atoms in total. The van der Waals surface area contributed by atoms with Gasteiger partial charge in [-0.1, -0.05) is 13.8 Å². The standard InChI is InChI=1S/C28H39FO2/c1-17-13-18(15-20(29)14-17)25(30)24-8-7-22-21-6-5-19-16-26(2,31)11-12-27(19,3)23(21)9-10-28(22,24)4/h13-15,19,21-24,31H,5-12,16H2,1-4H3/t19-,21+,22+,23+,24-,26-,27+,28+/m1/s1. The Balaban J connectivity index is 1.40. The van der Waals surface area contributed by atoms with Gasteiger partial charge in [-0.25, -0.2) is 4.39 Å². The number of carbonyl (C=O) groups excluding carboxylic acids is 1. The van der Waals surface area contributed by atoms with Gasteiger partial charge in [0.1, 0.15) is 5.82 Å². The van der Waals surface area contributed by atoms with Crippen LogP contribution in [0, 0.1) is 53.2 Å². The van der Waals surface area contributed by atoms with Gasteiger partial charge in [0.2, 0.25) is 0 Å². The quantitative estimate of drug-likeness (QED) is 0.533. The third kappa shape index (κ3) is 3.33. The van der Waals surface area contributed by atoms with Crippen LogP contribution in [0.25, 0.3) is 0 Å². The molecule has 0 spiro atoms. The van der Waals surface area contributed by atoms with E-state index >= 15 is 0 Å². The number of aryl methyl sites for hydroxylation is 1. The fourth-order valence-corrected chi connectivity index (χ4v) is 8.94. The van der Waals surface area contributed by atoms with E-state index < -0.39 is 5.60 Å². The first-order valence-electron chi connectivity index (χ1n) is 12.6. The third-order valence-corrected chi connectivity index (χ3v) is 10.6. The minimum absolute atomic E-state index is 0.0252. The Labute approximate surface area is 187 Å². The van der Waals surface area contributed by atoms with Gasteiger partial charge in [-0.15, -0.1) is 0 Å². The first-order valence-corrected chi connectivity index (χ1v) is 12.6. The molecule has 4 aliphatic carbocycles. The van der Waals surface area contributed by atoms with E-state index in [0.717, 1.165) is 50.0 Å². The van der Waals surface area contributed by atoms with Crippen LogP contribution < -0.4 is 0 Å². The highest BCUT2D eigenvalue weighted by molar-refractivity contribution is 5.98. The highest BCUT2D eigenvalue weighted by atomic mass is 19.1. The average molecular weight is 427 g/mol. The number of rotatable bonds is 2. The van der Waals surface area contributed by atoms with Crippen molar-refractivity contribution in [3.63, 3.8) is 0 Å². The van der Waals surface area contributed by atoms with Gasteiger partial charge in [0, 0.05) is 11.5 Å². The Hall–Kier alpha value is -1.22. The number of ketones is 1. The number of benzene rings is 1. The lowest BCUT2D eigenvalue weighted by molar-refractivity contribution is -0.144. The second kappa shape index (κ2) is 7.14. The minimum Gasteiger partial charge on any atom is -0.390 e. The van der Waals surface area contributed by atoms with Crippen molar-refractivity contribution in [2.75, 3.05) is 0 Å². The Bertz CT molecular complexity index is 871. The molecule has 170 valence electrons. The molecule has 5 rings (SSSR count). The van der Waals surface area contributed by atoms with Crippen LogP contribution >= 0.6 is 0 Å². The van der Waals surface area contributed by atoms with Gasteiger partial charge in [0.15, 0.2) is 5.78 Å². The molecule has 0 saturated heterocycles. The van der Waals surface area contributed by atoms with Gasteiger partial charge in [-0.2, -0.15) is 0 Å². The van der Waals surface area contributed by atoms with E-state index in [2.05, 4.69) is 13.8 Å². The molecule has 0 bridgehead atoms. The van der Waals surface area contributed by atoms with Crippen molar-refractivity contribution in [3.8, 4) is 0 Å². The van der Waals surface area contributed by atoms with Crippen LogP contribution in [-0.2, 0) is 0 Å². The van der Waals surface area contributed by atoms with Crippen LogP contribution in [0.1, 0.15) is 94.5 Å². The van der Waals surface area contributed by atoms with Crippen LogP contribution in [0.4, 0.5) is 4.39 Å². The molecule has 3 heteroatoms. The lowest BCUT2D eigenvalue weighted by Crippen LogP contribution is -2.55. The summed E-state index contributed by atoms with van der Waals surface area (Å²) in [6.07, 6.45) is 9.90. The first-order chi connectivity index (χ1) is 14.5.